The minimum atomic E-state index is -0.483. The van der Waals surface area contributed by atoms with Gasteiger partial charge in [0.2, 0.25) is 11.8 Å². The summed E-state index contributed by atoms with van der Waals surface area (Å²) in [6.45, 7) is 0.417. The summed E-state index contributed by atoms with van der Waals surface area (Å²) in [5.41, 5.74) is 1.43. The maximum atomic E-state index is 13.3. The zero-order valence-corrected chi connectivity index (χ0v) is 19.1. The third-order valence-corrected chi connectivity index (χ3v) is 7.27. The van der Waals surface area contributed by atoms with Crippen molar-refractivity contribution in [3.05, 3.63) is 36.0 Å². The van der Waals surface area contributed by atoms with Gasteiger partial charge in [0.1, 0.15) is 0 Å². The molecule has 1 aromatic carbocycles. The van der Waals surface area contributed by atoms with E-state index in [4.69, 9.17) is 0 Å². The fourth-order valence-corrected chi connectivity index (χ4v) is 5.38. The van der Waals surface area contributed by atoms with E-state index in [1.807, 2.05) is 30.3 Å². The van der Waals surface area contributed by atoms with Crippen molar-refractivity contribution in [1.82, 2.24) is 15.6 Å². The second kappa shape index (κ2) is 11.0. The predicted octanol–water partition coefficient (Wildman–Crippen LogP) is 3.33. The molecule has 7 heteroatoms. The van der Waals surface area contributed by atoms with Crippen LogP contribution < -0.4 is 10.6 Å². The molecule has 2 amide bonds. The van der Waals surface area contributed by atoms with Crippen LogP contribution in [0.4, 0.5) is 0 Å². The predicted molar refractivity (Wildman–Crippen MR) is 127 cm³/mol. The maximum absolute atomic E-state index is 13.3. The third-order valence-electron chi connectivity index (χ3n) is 7.27. The Morgan fingerprint density at radius 2 is 1.88 bits per heavy atom. The third kappa shape index (κ3) is 6.02. The number of benzene rings is 1. The molecule has 2 aliphatic rings. The number of aromatic nitrogens is 1. The molecule has 1 aliphatic heterocycles. The lowest BCUT2D eigenvalue weighted by atomic mass is 9.80. The van der Waals surface area contributed by atoms with Gasteiger partial charge in [-0.3, -0.25) is 14.4 Å². The van der Waals surface area contributed by atoms with Gasteiger partial charge in [0, 0.05) is 35.7 Å². The summed E-state index contributed by atoms with van der Waals surface area (Å²) >= 11 is 0. The molecule has 2 aromatic rings. The first kappa shape index (κ1) is 23.5. The molecule has 0 spiro atoms. The summed E-state index contributed by atoms with van der Waals surface area (Å²) in [4.78, 5) is 41.5. The van der Waals surface area contributed by atoms with E-state index >= 15 is 0 Å². The average molecular weight is 454 g/mol. The Morgan fingerprint density at radius 1 is 1.09 bits per heavy atom. The normalized spacial score (nSPS) is 21.0. The topological polar surface area (TPSA) is 111 Å². The standard InChI is InChI=1S/C26H35N3O4/c30-16-21(13-19-10-11-27-25(19)32)28-26(33)20(12-17-6-2-1-3-7-17)15-24(31)23-14-18-8-4-5-9-22(18)29-23/h4-5,8-9,14,17,19-21,29-30H,1-3,6-7,10-13,15-16H2,(H,27,32)(H,28,33)/t19-,20+,21-/m0/s1. The number of hydrogen-bond acceptors (Lipinski definition) is 4. The van der Waals surface area contributed by atoms with Crippen LogP contribution >= 0.6 is 0 Å². The SMILES string of the molecule is O=C(C[C@@H](CC1CCCCC1)C(=O)N[C@H](CO)C[C@@H]1CCNC1=O)c1cc2ccccc2[nH]1. The highest BCUT2D eigenvalue weighted by Gasteiger charge is 2.31. The number of H-pyrrole nitrogens is 1. The number of rotatable bonds is 10. The molecule has 3 atom stereocenters. The van der Waals surface area contributed by atoms with Crippen LogP contribution in [-0.2, 0) is 9.59 Å². The first-order chi connectivity index (χ1) is 16.0. The summed E-state index contributed by atoms with van der Waals surface area (Å²) in [7, 11) is 0. The highest BCUT2D eigenvalue weighted by atomic mass is 16.3. The number of amides is 2. The minimum absolute atomic E-state index is 0.0181. The summed E-state index contributed by atoms with van der Waals surface area (Å²) in [5, 5.41) is 16.6. The van der Waals surface area contributed by atoms with Crippen LogP contribution in [0.1, 0.15) is 68.3 Å². The molecule has 1 saturated carbocycles. The summed E-state index contributed by atoms with van der Waals surface area (Å²) in [6, 6.07) is 9.12. The Hall–Kier alpha value is -2.67. The number of aliphatic hydroxyl groups excluding tert-OH is 1. The molecule has 1 aromatic heterocycles. The van der Waals surface area contributed by atoms with E-state index in [0.29, 0.717) is 31.0 Å². The van der Waals surface area contributed by atoms with Crippen molar-refractivity contribution in [2.24, 2.45) is 17.8 Å². The lowest BCUT2D eigenvalue weighted by Crippen LogP contribution is -2.43. The van der Waals surface area contributed by atoms with Crippen LogP contribution in [0.25, 0.3) is 10.9 Å². The second-order valence-corrected chi connectivity index (χ2v) is 9.73. The highest BCUT2D eigenvalue weighted by molar-refractivity contribution is 6.01. The smallest absolute Gasteiger partial charge is 0.223 e. The van der Waals surface area contributed by atoms with Gasteiger partial charge in [0.15, 0.2) is 5.78 Å². The van der Waals surface area contributed by atoms with Crippen LogP contribution in [0.5, 0.6) is 0 Å². The summed E-state index contributed by atoms with van der Waals surface area (Å²) < 4.78 is 0. The van der Waals surface area contributed by atoms with Gasteiger partial charge in [-0.05, 0) is 37.3 Å². The van der Waals surface area contributed by atoms with E-state index in [9.17, 15) is 19.5 Å². The molecular formula is C26H35N3O4. The molecule has 2 heterocycles. The van der Waals surface area contributed by atoms with Gasteiger partial charge in [0.25, 0.3) is 0 Å². The van der Waals surface area contributed by atoms with Crippen LogP contribution in [0, 0.1) is 17.8 Å². The Balaban J connectivity index is 1.44. The fourth-order valence-electron chi connectivity index (χ4n) is 5.38. The number of Topliss-reactive ketones (excluding diaryl/α,β-unsaturated/α-hetero) is 1. The van der Waals surface area contributed by atoms with Gasteiger partial charge in [-0.2, -0.15) is 0 Å². The summed E-state index contributed by atoms with van der Waals surface area (Å²) in [6.07, 6.45) is 7.71. The van der Waals surface area contributed by atoms with Crippen molar-refractivity contribution in [3.8, 4) is 0 Å². The number of para-hydroxylation sites is 1. The first-order valence-corrected chi connectivity index (χ1v) is 12.3. The van der Waals surface area contributed by atoms with Crippen molar-refractivity contribution < 1.29 is 19.5 Å². The quantitative estimate of drug-likeness (QED) is 0.414. The Labute approximate surface area is 194 Å². The van der Waals surface area contributed by atoms with Gasteiger partial charge in [0.05, 0.1) is 18.3 Å². The number of ketones is 1. The van der Waals surface area contributed by atoms with Gasteiger partial charge in [-0.15, -0.1) is 0 Å². The molecule has 4 N–H and O–H groups in total. The molecule has 0 bridgehead atoms. The fraction of sp³-hybridized carbons (Fsp3) is 0.577. The Morgan fingerprint density at radius 3 is 2.58 bits per heavy atom. The molecule has 178 valence electrons. The molecule has 7 nitrogen and oxygen atoms in total. The van der Waals surface area contributed by atoms with Gasteiger partial charge in [-0.1, -0.05) is 50.3 Å². The molecule has 0 unspecified atom stereocenters. The van der Waals surface area contributed by atoms with E-state index in [2.05, 4.69) is 15.6 Å². The largest absolute Gasteiger partial charge is 0.394 e. The van der Waals surface area contributed by atoms with Crippen LogP contribution in [0.3, 0.4) is 0 Å². The number of nitrogens with one attached hydrogen (secondary N) is 3. The lowest BCUT2D eigenvalue weighted by Gasteiger charge is -2.27. The number of fused-ring (bicyclic) bond motifs is 1. The second-order valence-electron chi connectivity index (χ2n) is 9.73. The zero-order chi connectivity index (χ0) is 23.2. The number of aromatic amines is 1. The molecule has 2 fully saturated rings. The van der Waals surface area contributed by atoms with E-state index < -0.39 is 12.0 Å². The first-order valence-electron chi connectivity index (χ1n) is 12.3. The molecule has 1 aliphatic carbocycles. The number of carbonyl (C=O) groups excluding carboxylic acids is 3. The average Bonchev–Trinajstić information content (AvgIpc) is 3.44. The number of aliphatic hydroxyl groups is 1. The van der Waals surface area contributed by atoms with Gasteiger partial charge < -0.3 is 20.7 Å². The monoisotopic (exact) mass is 453 g/mol. The summed E-state index contributed by atoms with van der Waals surface area (Å²) in [5.74, 6) is -0.472. The lowest BCUT2D eigenvalue weighted by molar-refractivity contribution is -0.128. The molecule has 0 radical (unpaired) electrons. The van der Waals surface area contributed by atoms with Crippen LogP contribution in [0.2, 0.25) is 0 Å². The number of carbonyl (C=O) groups is 3. The van der Waals surface area contributed by atoms with Crippen molar-refractivity contribution in [2.45, 2.75) is 63.8 Å². The molecular weight excluding hydrogens is 418 g/mol. The van der Waals surface area contributed by atoms with E-state index in [1.54, 1.807) is 0 Å². The minimum Gasteiger partial charge on any atom is -0.394 e. The Bertz CT molecular complexity index is 946. The van der Waals surface area contributed by atoms with E-state index in [1.165, 1.54) is 19.3 Å². The molecule has 4 rings (SSSR count). The van der Waals surface area contributed by atoms with E-state index in [0.717, 1.165) is 30.2 Å². The van der Waals surface area contributed by atoms with E-state index in [-0.39, 0.29) is 36.5 Å². The van der Waals surface area contributed by atoms with Crippen LogP contribution in [0.15, 0.2) is 30.3 Å². The number of hydrogen-bond donors (Lipinski definition) is 4. The zero-order valence-electron chi connectivity index (χ0n) is 19.1. The van der Waals surface area contributed by atoms with Gasteiger partial charge in [-0.25, -0.2) is 0 Å². The van der Waals surface area contributed by atoms with Crippen molar-refractivity contribution in [3.63, 3.8) is 0 Å². The highest BCUT2D eigenvalue weighted by Crippen LogP contribution is 2.31. The molecule has 33 heavy (non-hydrogen) atoms. The van der Waals surface area contributed by atoms with Crippen molar-refractivity contribution in [2.75, 3.05) is 13.2 Å². The van der Waals surface area contributed by atoms with Crippen LogP contribution in [-0.4, -0.2) is 46.9 Å². The maximum Gasteiger partial charge on any atom is 0.223 e. The molecule has 1 saturated heterocycles. The van der Waals surface area contributed by atoms with Crippen molar-refractivity contribution >= 4 is 28.5 Å². The van der Waals surface area contributed by atoms with Crippen molar-refractivity contribution in [1.29, 1.82) is 0 Å². The van der Waals surface area contributed by atoms with Gasteiger partial charge >= 0.3 is 0 Å². The Kier molecular flexibility index (Phi) is 7.81.